The van der Waals surface area contributed by atoms with Crippen LogP contribution in [0.1, 0.15) is 33.3 Å². The van der Waals surface area contributed by atoms with Gasteiger partial charge >= 0.3 is 0 Å². The number of aromatic nitrogens is 1. The largest absolute Gasteiger partial charge is 0.365 e. The maximum Gasteiger partial charge on any atom is 0.141 e. The monoisotopic (exact) mass is 225 g/mol. The Kier molecular flexibility index (Phi) is 4.24. The Morgan fingerprint density at radius 3 is 2.62 bits per heavy atom. The van der Waals surface area contributed by atoms with Crippen LogP contribution in [0.3, 0.4) is 0 Å². The molecule has 1 rings (SSSR count). The van der Waals surface area contributed by atoms with Crippen LogP contribution in [-0.4, -0.2) is 17.1 Å². The van der Waals surface area contributed by atoms with Crippen LogP contribution in [0.25, 0.3) is 0 Å². The number of anilines is 1. The van der Waals surface area contributed by atoms with Crippen LogP contribution < -0.4 is 10.6 Å². The van der Waals surface area contributed by atoms with Crippen molar-refractivity contribution in [3.05, 3.63) is 23.6 Å². The molecule has 0 radical (unpaired) electrons. The molecule has 16 heavy (non-hydrogen) atoms. The molecule has 3 nitrogen and oxygen atoms in total. The number of halogens is 1. The van der Waals surface area contributed by atoms with Gasteiger partial charge in [-0.2, -0.15) is 0 Å². The lowest BCUT2D eigenvalue weighted by atomic mass is 10.1. The van der Waals surface area contributed by atoms with Crippen LogP contribution in [0.15, 0.2) is 12.3 Å². The Morgan fingerprint density at radius 2 is 2.06 bits per heavy atom. The molecular formula is C12H20FN3. The Balaban J connectivity index is 2.89. The number of rotatable bonds is 4. The number of nitrogens with one attached hydrogen (secondary N) is 2. The molecule has 90 valence electrons. The molecule has 0 aliphatic heterocycles. The summed E-state index contributed by atoms with van der Waals surface area (Å²) >= 11 is 0. The van der Waals surface area contributed by atoms with E-state index in [9.17, 15) is 4.39 Å². The molecule has 1 aromatic rings. The predicted molar refractivity (Wildman–Crippen MR) is 65.0 cm³/mol. The third-order valence-corrected chi connectivity index (χ3v) is 1.99. The minimum atomic E-state index is -0.299. The third-order valence-electron chi connectivity index (χ3n) is 1.99. The zero-order valence-corrected chi connectivity index (χ0v) is 10.4. The normalized spacial score (nSPS) is 11.6. The van der Waals surface area contributed by atoms with E-state index < -0.39 is 0 Å². The Morgan fingerprint density at radius 1 is 1.38 bits per heavy atom. The second-order valence-corrected chi connectivity index (χ2v) is 4.82. The van der Waals surface area contributed by atoms with Crippen LogP contribution in [0.2, 0.25) is 0 Å². The number of hydrogen-bond acceptors (Lipinski definition) is 3. The van der Waals surface area contributed by atoms with Gasteiger partial charge in [-0.1, -0.05) is 6.92 Å². The quantitative estimate of drug-likeness (QED) is 0.827. The van der Waals surface area contributed by atoms with Gasteiger partial charge in [0.1, 0.15) is 11.6 Å². The maximum absolute atomic E-state index is 13.1. The summed E-state index contributed by atoms with van der Waals surface area (Å²) in [5, 5.41) is 6.44. The molecule has 0 amide bonds. The van der Waals surface area contributed by atoms with Crippen molar-refractivity contribution in [1.29, 1.82) is 0 Å². The molecule has 0 atom stereocenters. The lowest BCUT2D eigenvalue weighted by molar-refractivity contribution is 0.604. The summed E-state index contributed by atoms with van der Waals surface area (Å²) in [7, 11) is 0. The van der Waals surface area contributed by atoms with E-state index in [4.69, 9.17) is 0 Å². The topological polar surface area (TPSA) is 37.0 Å². The molecule has 0 unspecified atom stereocenters. The summed E-state index contributed by atoms with van der Waals surface area (Å²) < 4.78 is 13.1. The lowest BCUT2D eigenvalue weighted by Gasteiger charge is -2.23. The fourth-order valence-electron chi connectivity index (χ4n) is 1.34. The van der Waals surface area contributed by atoms with Gasteiger partial charge in [0.05, 0.1) is 6.20 Å². The second-order valence-electron chi connectivity index (χ2n) is 4.82. The van der Waals surface area contributed by atoms with Crippen molar-refractivity contribution >= 4 is 5.82 Å². The fraction of sp³-hybridized carbons (Fsp3) is 0.583. The van der Waals surface area contributed by atoms with E-state index in [1.165, 1.54) is 12.3 Å². The van der Waals surface area contributed by atoms with Crippen LogP contribution in [0.5, 0.6) is 0 Å². The van der Waals surface area contributed by atoms with Gasteiger partial charge < -0.3 is 10.6 Å². The third kappa shape index (κ3) is 4.14. The van der Waals surface area contributed by atoms with Gasteiger partial charge in [0.25, 0.3) is 0 Å². The van der Waals surface area contributed by atoms with Gasteiger partial charge in [-0.3, -0.25) is 0 Å². The first-order chi connectivity index (χ1) is 7.42. The smallest absolute Gasteiger partial charge is 0.141 e. The Hall–Kier alpha value is -1.16. The van der Waals surface area contributed by atoms with Crippen molar-refractivity contribution < 1.29 is 4.39 Å². The van der Waals surface area contributed by atoms with Crippen molar-refractivity contribution in [2.24, 2.45) is 0 Å². The van der Waals surface area contributed by atoms with Crippen molar-refractivity contribution in [1.82, 2.24) is 10.3 Å². The molecule has 0 aliphatic carbocycles. The Bertz CT molecular complexity index is 345. The average molecular weight is 225 g/mol. The van der Waals surface area contributed by atoms with Crippen molar-refractivity contribution in [3.8, 4) is 0 Å². The van der Waals surface area contributed by atoms with E-state index in [-0.39, 0.29) is 11.4 Å². The van der Waals surface area contributed by atoms with E-state index in [0.29, 0.717) is 6.54 Å². The molecule has 0 fully saturated rings. The minimum absolute atomic E-state index is 0.0776. The molecule has 4 heteroatoms. The van der Waals surface area contributed by atoms with Crippen molar-refractivity contribution in [2.75, 3.05) is 11.9 Å². The number of pyridine rings is 1. The molecule has 0 aliphatic rings. The highest BCUT2D eigenvalue weighted by atomic mass is 19.1. The molecule has 0 saturated carbocycles. The van der Waals surface area contributed by atoms with Crippen LogP contribution in [-0.2, 0) is 6.54 Å². The van der Waals surface area contributed by atoms with Gasteiger partial charge in [0.2, 0.25) is 0 Å². The minimum Gasteiger partial charge on any atom is -0.365 e. The van der Waals surface area contributed by atoms with E-state index in [0.717, 1.165) is 17.9 Å². The standard InChI is InChI=1S/C12H20FN3/c1-5-14-7-9-6-10(13)8-15-11(9)16-12(2,3)4/h6,8,14H,5,7H2,1-4H3,(H,15,16). The highest BCUT2D eigenvalue weighted by Crippen LogP contribution is 2.18. The second kappa shape index (κ2) is 5.25. The van der Waals surface area contributed by atoms with E-state index in [1.54, 1.807) is 0 Å². The molecule has 1 aromatic heterocycles. The summed E-state index contributed by atoms with van der Waals surface area (Å²) in [6.07, 6.45) is 1.24. The molecule has 0 bridgehead atoms. The number of nitrogens with zero attached hydrogens (tertiary/aromatic N) is 1. The molecule has 0 spiro atoms. The molecular weight excluding hydrogens is 205 g/mol. The fourth-order valence-corrected chi connectivity index (χ4v) is 1.34. The first-order valence-electron chi connectivity index (χ1n) is 5.55. The van der Waals surface area contributed by atoms with Crippen LogP contribution >= 0.6 is 0 Å². The predicted octanol–water partition coefficient (Wildman–Crippen LogP) is 2.54. The average Bonchev–Trinajstić information content (AvgIpc) is 2.16. The van der Waals surface area contributed by atoms with Gasteiger partial charge in [-0.05, 0) is 33.4 Å². The maximum atomic E-state index is 13.1. The summed E-state index contributed by atoms with van der Waals surface area (Å²) in [5.74, 6) is 0.446. The lowest BCUT2D eigenvalue weighted by Crippen LogP contribution is -2.28. The zero-order valence-electron chi connectivity index (χ0n) is 10.4. The van der Waals surface area contributed by atoms with Crippen molar-refractivity contribution in [2.45, 2.75) is 39.8 Å². The SMILES string of the molecule is CCNCc1cc(F)cnc1NC(C)(C)C. The molecule has 0 saturated heterocycles. The highest BCUT2D eigenvalue weighted by molar-refractivity contribution is 5.45. The summed E-state index contributed by atoms with van der Waals surface area (Å²) in [4.78, 5) is 4.09. The van der Waals surface area contributed by atoms with E-state index in [2.05, 4.69) is 36.4 Å². The first-order valence-corrected chi connectivity index (χ1v) is 5.55. The Labute approximate surface area is 96.5 Å². The van der Waals surface area contributed by atoms with Gasteiger partial charge in [-0.15, -0.1) is 0 Å². The summed E-state index contributed by atoms with van der Waals surface area (Å²) in [5.41, 5.74) is 0.781. The first kappa shape index (κ1) is 12.9. The van der Waals surface area contributed by atoms with E-state index >= 15 is 0 Å². The zero-order chi connectivity index (χ0) is 12.2. The van der Waals surface area contributed by atoms with Gasteiger partial charge in [0.15, 0.2) is 0 Å². The van der Waals surface area contributed by atoms with Gasteiger partial charge in [-0.25, -0.2) is 9.37 Å². The molecule has 0 aromatic carbocycles. The molecule has 2 N–H and O–H groups in total. The van der Waals surface area contributed by atoms with Crippen LogP contribution in [0.4, 0.5) is 10.2 Å². The summed E-state index contributed by atoms with van der Waals surface area (Å²) in [6.45, 7) is 9.65. The number of hydrogen-bond donors (Lipinski definition) is 2. The van der Waals surface area contributed by atoms with Crippen LogP contribution in [0, 0.1) is 5.82 Å². The van der Waals surface area contributed by atoms with E-state index in [1.807, 2.05) is 6.92 Å². The molecule has 1 heterocycles. The highest BCUT2D eigenvalue weighted by Gasteiger charge is 2.13. The van der Waals surface area contributed by atoms with Gasteiger partial charge in [0, 0.05) is 17.6 Å². The summed E-state index contributed by atoms with van der Waals surface area (Å²) in [6, 6.07) is 1.52. The van der Waals surface area contributed by atoms with Crippen molar-refractivity contribution in [3.63, 3.8) is 0 Å².